The molecule has 0 bridgehead atoms. The van der Waals surface area contributed by atoms with Gasteiger partial charge in [-0.3, -0.25) is 9.69 Å². The number of amides is 3. The van der Waals surface area contributed by atoms with E-state index in [9.17, 15) is 9.59 Å². The van der Waals surface area contributed by atoms with Crippen molar-refractivity contribution in [1.82, 2.24) is 4.90 Å². The van der Waals surface area contributed by atoms with Gasteiger partial charge in [0.05, 0.1) is 10.7 Å². The number of benzene rings is 2. The van der Waals surface area contributed by atoms with Gasteiger partial charge in [0.25, 0.3) is 0 Å². The van der Waals surface area contributed by atoms with Crippen LogP contribution in [0, 0.1) is 6.92 Å². The lowest BCUT2D eigenvalue weighted by Gasteiger charge is -2.18. The van der Waals surface area contributed by atoms with Crippen molar-refractivity contribution in [2.24, 2.45) is 0 Å². The number of nitrogens with zero attached hydrogens (tertiary/aromatic N) is 2. The van der Waals surface area contributed by atoms with Gasteiger partial charge in [0.2, 0.25) is 5.91 Å². The Labute approximate surface area is 156 Å². The van der Waals surface area contributed by atoms with Crippen molar-refractivity contribution in [2.75, 3.05) is 29.9 Å². The monoisotopic (exact) mass is 377 g/mol. The van der Waals surface area contributed by atoms with Crippen molar-refractivity contribution >= 4 is 46.5 Å². The van der Waals surface area contributed by atoms with Crippen molar-refractivity contribution in [1.29, 1.82) is 0 Å². The minimum atomic E-state index is -0.316. The van der Waals surface area contributed by atoms with Gasteiger partial charge in [0.15, 0.2) is 0 Å². The topological polar surface area (TPSA) is 52.6 Å². The fourth-order valence-corrected chi connectivity index (χ4v) is 2.99. The second-order valence-electron chi connectivity index (χ2n) is 5.86. The van der Waals surface area contributed by atoms with E-state index in [1.54, 1.807) is 23.1 Å². The number of nitrogens with one attached hydrogen (secondary N) is 1. The Bertz CT molecular complexity index is 808. The summed E-state index contributed by atoms with van der Waals surface area (Å²) in [5.74, 6) is -0.316. The van der Waals surface area contributed by atoms with E-state index in [1.165, 1.54) is 4.90 Å². The first-order chi connectivity index (χ1) is 11.9. The molecular weight excluding hydrogens is 361 g/mol. The summed E-state index contributed by atoms with van der Waals surface area (Å²) in [6.07, 6.45) is 0. The molecule has 1 aliphatic rings. The molecule has 1 fully saturated rings. The Hall–Kier alpha value is -2.24. The summed E-state index contributed by atoms with van der Waals surface area (Å²) in [6, 6.07) is 12.4. The van der Waals surface area contributed by atoms with E-state index in [1.807, 2.05) is 31.2 Å². The first-order valence-corrected chi connectivity index (χ1v) is 8.57. The molecule has 3 amide bonds. The molecule has 25 heavy (non-hydrogen) atoms. The van der Waals surface area contributed by atoms with E-state index in [4.69, 9.17) is 23.2 Å². The van der Waals surface area contributed by atoms with E-state index in [2.05, 4.69) is 5.32 Å². The van der Waals surface area contributed by atoms with Crippen molar-refractivity contribution in [3.05, 3.63) is 58.1 Å². The zero-order valence-electron chi connectivity index (χ0n) is 13.6. The number of halogens is 2. The van der Waals surface area contributed by atoms with Gasteiger partial charge >= 0.3 is 6.03 Å². The lowest BCUT2D eigenvalue weighted by atomic mass is 10.2. The maximum atomic E-state index is 12.5. The molecule has 0 atom stereocenters. The van der Waals surface area contributed by atoms with Crippen molar-refractivity contribution in [3.63, 3.8) is 0 Å². The van der Waals surface area contributed by atoms with E-state index in [0.29, 0.717) is 28.8 Å². The highest BCUT2D eigenvalue weighted by atomic mass is 35.5. The number of urea groups is 1. The Kier molecular flexibility index (Phi) is 5.16. The molecule has 0 spiro atoms. The summed E-state index contributed by atoms with van der Waals surface area (Å²) in [5.41, 5.74) is 2.39. The second kappa shape index (κ2) is 7.33. The Morgan fingerprint density at radius 2 is 1.84 bits per heavy atom. The summed E-state index contributed by atoms with van der Waals surface area (Å²) < 4.78 is 0. The summed E-state index contributed by atoms with van der Waals surface area (Å²) in [7, 11) is 0. The van der Waals surface area contributed by atoms with E-state index in [0.717, 1.165) is 11.3 Å². The zero-order chi connectivity index (χ0) is 18.0. The highest BCUT2D eigenvalue weighted by Gasteiger charge is 2.30. The lowest BCUT2D eigenvalue weighted by molar-refractivity contribution is -0.116. The number of aryl methyl sites for hydroxylation is 1. The van der Waals surface area contributed by atoms with E-state index < -0.39 is 0 Å². The second-order valence-corrected chi connectivity index (χ2v) is 6.71. The number of rotatable bonds is 4. The smallest absolute Gasteiger partial charge is 0.323 e. The van der Waals surface area contributed by atoms with Gasteiger partial charge in [-0.2, -0.15) is 0 Å². The van der Waals surface area contributed by atoms with Crippen LogP contribution in [0.4, 0.5) is 16.2 Å². The van der Waals surface area contributed by atoms with Crippen LogP contribution in [0.1, 0.15) is 5.56 Å². The van der Waals surface area contributed by atoms with Gasteiger partial charge in [0, 0.05) is 23.8 Å². The minimum Gasteiger partial charge on any atom is -0.323 e. The number of hydrogen-bond donors (Lipinski definition) is 1. The predicted octanol–water partition coefficient (Wildman–Crippen LogP) is 4.18. The van der Waals surface area contributed by atoms with Gasteiger partial charge < -0.3 is 10.2 Å². The van der Waals surface area contributed by atoms with Gasteiger partial charge in [-0.25, -0.2) is 4.79 Å². The molecule has 130 valence electrons. The first kappa shape index (κ1) is 17.6. The standard InChI is InChI=1S/C18H17Cl2N3O2/c1-12-2-5-14(6-3-12)23-9-8-22(18(23)25)11-17(24)21-16-10-13(19)4-7-15(16)20/h2-7,10H,8-9,11H2,1H3,(H,21,24). The van der Waals surface area contributed by atoms with Crippen LogP contribution in [0.5, 0.6) is 0 Å². The van der Waals surface area contributed by atoms with E-state index >= 15 is 0 Å². The molecule has 1 N–H and O–H groups in total. The highest BCUT2D eigenvalue weighted by molar-refractivity contribution is 6.35. The summed E-state index contributed by atoms with van der Waals surface area (Å²) >= 11 is 12.0. The summed E-state index contributed by atoms with van der Waals surface area (Å²) in [4.78, 5) is 27.9. The zero-order valence-corrected chi connectivity index (χ0v) is 15.1. The van der Waals surface area contributed by atoms with Crippen LogP contribution in [-0.4, -0.2) is 36.5 Å². The molecule has 2 aromatic rings. The van der Waals surface area contributed by atoms with Crippen LogP contribution >= 0.6 is 23.2 Å². The lowest BCUT2D eigenvalue weighted by Crippen LogP contribution is -2.37. The third-order valence-corrected chi connectivity index (χ3v) is 4.54. The Balaban J connectivity index is 1.63. The summed E-state index contributed by atoms with van der Waals surface area (Å²) in [6.45, 7) is 2.99. The van der Waals surface area contributed by atoms with Gasteiger partial charge in [-0.05, 0) is 37.3 Å². The molecule has 5 nitrogen and oxygen atoms in total. The van der Waals surface area contributed by atoms with Crippen LogP contribution in [-0.2, 0) is 4.79 Å². The minimum absolute atomic E-state index is 0.0377. The molecule has 1 saturated heterocycles. The molecule has 0 aromatic heterocycles. The normalized spacial score (nSPS) is 14.1. The Morgan fingerprint density at radius 1 is 1.12 bits per heavy atom. The SMILES string of the molecule is Cc1ccc(N2CCN(CC(=O)Nc3cc(Cl)ccc3Cl)C2=O)cc1. The van der Waals surface area contributed by atoms with Crippen molar-refractivity contribution in [2.45, 2.75) is 6.92 Å². The fourth-order valence-electron chi connectivity index (χ4n) is 2.65. The molecule has 3 rings (SSSR count). The molecule has 0 saturated carbocycles. The van der Waals surface area contributed by atoms with Crippen LogP contribution in [0.3, 0.4) is 0 Å². The molecule has 2 aromatic carbocycles. The van der Waals surface area contributed by atoms with Crippen molar-refractivity contribution < 1.29 is 9.59 Å². The molecule has 0 radical (unpaired) electrons. The van der Waals surface area contributed by atoms with Gasteiger partial charge in [-0.15, -0.1) is 0 Å². The first-order valence-electron chi connectivity index (χ1n) is 7.82. The fraction of sp³-hybridized carbons (Fsp3) is 0.222. The quantitative estimate of drug-likeness (QED) is 0.868. The summed E-state index contributed by atoms with van der Waals surface area (Å²) in [5, 5.41) is 3.56. The maximum Gasteiger partial charge on any atom is 0.325 e. The van der Waals surface area contributed by atoms with Crippen LogP contribution in [0.2, 0.25) is 10.0 Å². The average molecular weight is 378 g/mol. The van der Waals surface area contributed by atoms with E-state index in [-0.39, 0.29) is 18.5 Å². The van der Waals surface area contributed by atoms with Crippen LogP contribution in [0.25, 0.3) is 0 Å². The molecule has 0 unspecified atom stereocenters. The highest BCUT2D eigenvalue weighted by Crippen LogP contribution is 2.26. The van der Waals surface area contributed by atoms with Crippen molar-refractivity contribution in [3.8, 4) is 0 Å². The average Bonchev–Trinajstić information content (AvgIpc) is 2.92. The molecule has 7 heteroatoms. The number of anilines is 2. The van der Waals surface area contributed by atoms with Gasteiger partial charge in [0.1, 0.15) is 6.54 Å². The van der Waals surface area contributed by atoms with Crippen LogP contribution in [0.15, 0.2) is 42.5 Å². The molecule has 0 aliphatic carbocycles. The third kappa shape index (κ3) is 4.06. The Morgan fingerprint density at radius 3 is 2.56 bits per heavy atom. The molecular formula is C18H17Cl2N3O2. The number of hydrogen-bond acceptors (Lipinski definition) is 2. The predicted molar refractivity (Wildman–Crippen MR) is 101 cm³/mol. The number of carbonyl (C=O) groups excluding carboxylic acids is 2. The van der Waals surface area contributed by atoms with Crippen LogP contribution < -0.4 is 10.2 Å². The molecule has 1 heterocycles. The largest absolute Gasteiger partial charge is 0.325 e. The maximum absolute atomic E-state index is 12.5. The molecule has 1 aliphatic heterocycles. The third-order valence-electron chi connectivity index (χ3n) is 3.98. The number of carbonyl (C=O) groups is 2. The van der Waals surface area contributed by atoms with Gasteiger partial charge in [-0.1, -0.05) is 40.9 Å².